The highest BCUT2D eigenvalue weighted by molar-refractivity contribution is 6.40. The summed E-state index contributed by atoms with van der Waals surface area (Å²) in [6.45, 7) is 5.22. The molecule has 0 aliphatic heterocycles. The normalized spacial score (nSPS) is 11.4. The van der Waals surface area contributed by atoms with Gasteiger partial charge in [0.25, 0.3) is 5.91 Å². The summed E-state index contributed by atoms with van der Waals surface area (Å²) in [7, 11) is 1.76. The molecule has 0 saturated heterocycles. The van der Waals surface area contributed by atoms with Gasteiger partial charge in [-0.25, -0.2) is 4.79 Å². The number of anilines is 2. The van der Waals surface area contributed by atoms with Gasteiger partial charge in [-0.15, -0.1) is 0 Å². The molecule has 4 aromatic rings. The number of aromatic nitrogens is 2. The molecule has 0 aliphatic carbocycles. The maximum Gasteiger partial charge on any atom is 0.407 e. The predicted molar refractivity (Wildman–Crippen MR) is 159 cm³/mol. The lowest BCUT2D eigenvalue weighted by Gasteiger charge is -2.38. The molecule has 9 nitrogen and oxygen atoms in total. The molecule has 2 amide bonds. The van der Waals surface area contributed by atoms with Crippen LogP contribution in [-0.2, 0) is 26.9 Å². The van der Waals surface area contributed by atoms with Crippen LogP contribution < -0.4 is 16.0 Å². The Hall–Kier alpha value is -4.92. The average Bonchev–Trinajstić information content (AvgIpc) is 3.30. The molecule has 9 heteroatoms. The molecule has 0 atom stereocenters. The zero-order valence-corrected chi connectivity index (χ0v) is 23.7. The van der Waals surface area contributed by atoms with Crippen LogP contribution in [0.1, 0.15) is 43.9 Å². The summed E-state index contributed by atoms with van der Waals surface area (Å²) in [5, 5.41) is 13.4. The van der Waals surface area contributed by atoms with Crippen molar-refractivity contribution in [2.24, 2.45) is 7.05 Å². The van der Waals surface area contributed by atoms with Crippen LogP contribution in [0.3, 0.4) is 0 Å². The van der Waals surface area contributed by atoms with Crippen molar-refractivity contribution in [3.05, 3.63) is 114 Å². The number of aryl methyl sites for hydroxylation is 1. The van der Waals surface area contributed by atoms with E-state index >= 15 is 0 Å². The van der Waals surface area contributed by atoms with Gasteiger partial charge in [0, 0.05) is 12.6 Å². The number of Topliss-reactive ketones (excluding diaryl/α,β-unsaturated/α-hetero) is 1. The molecule has 3 aromatic carbocycles. The Morgan fingerprint density at radius 3 is 1.76 bits per heavy atom. The van der Waals surface area contributed by atoms with Crippen molar-refractivity contribution in [1.82, 2.24) is 15.1 Å². The lowest BCUT2D eigenvalue weighted by molar-refractivity contribution is -0.135. The van der Waals surface area contributed by atoms with Gasteiger partial charge in [-0.2, -0.15) is 5.10 Å². The van der Waals surface area contributed by atoms with Crippen molar-refractivity contribution < 1.29 is 19.1 Å². The van der Waals surface area contributed by atoms with Crippen LogP contribution in [0, 0.1) is 0 Å². The monoisotopic (exact) mass is 553 g/mol. The van der Waals surface area contributed by atoms with E-state index in [2.05, 4.69) is 21.0 Å². The van der Waals surface area contributed by atoms with E-state index in [0.717, 1.165) is 16.7 Å². The Labute approximate surface area is 239 Å². The number of benzene rings is 3. The quantitative estimate of drug-likeness (QED) is 0.183. The van der Waals surface area contributed by atoms with Gasteiger partial charge < -0.3 is 20.7 Å². The van der Waals surface area contributed by atoms with E-state index < -0.39 is 28.9 Å². The molecule has 41 heavy (non-hydrogen) atoms. The molecule has 3 N–H and O–H groups in total. The Morgan fingerprint density at radius 1 is 0.805 bits per heavy atom. The molecule has 0 radical (unpaired) electrons. The number of ketones is 1. The van der Waals surface area contributed by atoms with Crippen molar-refractivity contribution in [3.63, 3.8) is 0 Å². The molecular formula is C32H35N5O4. The molecule has 0 aliphatic rings. The molecule has 4 rings (SSSR count). The average molecular weight is 554 g/mol. The number of rotatable bonds is 10. The van der Waals surface area contributed by atoms with Crippen LogP contribution in [0.4, 0.5) is 16.3 Å². The van der Waals surface area contributed by atoms with Gasteiger partial charge in [-0.05, 0) is 37.5 Å². The van der Waals surface area contributed by atoms with Crippen LogP contribution in [0.2, 0.25) is 0 Å². The molecule has 0 bridgehead atoms. The predicted octanol–water partition coefficient (Wildman–Crippen LogP) is 5.25. The lowest BCUT2D eigenvalue weighted by atomic mass is 9.77. The molecule has 0 unspecified atom stereocenters. The summed E-state index contributed by atoms with van der Waals surface area (Å²) in [6, 6.07) is 30.0. The summed E-state index contributed by atoms with van der Waals surface area (Å²) in [5.41, 5.74) is 1.91. The molecule has 1 aromatic heterocycles. The Morgan fingerprint density at radius 2 is 1.29 bits per heavy atom. The largest absolute Gasteiger partial charge is 0.449 e. The number of carbonyl (C=O) groups is 3. The third kappa shape index (κ3) is 7.00. The molecule has 0 saturated carbocycles. The number of nitrogens with zero attached hydrogens (tertiary/aromatic N) is 2. The van der Waals surface area contributed by atoms with E-state index in [1.165, 1.54) is 6.20 Å². The summed E-state index contributed by atoms with van der Waals surface area (Å²) in [4.78, 5) is 37.4. The Kier molecular flexibility index (Phi) is 8.87. The standard InChI is InChI=1S/C32H35N5O4/c1-31(2,3)36-30(40)41-21-20-27(38)29(39)34-26-22-33-37(4)28(26)35-32(23-14-8-5-9-15-23,24-16-10-6-11-17-24)25-18-12-7-13-19-25/h5-19,22,35H,20-21H2,1-4H3,(H,34,39)(H,36,40). The summed E-state index contributed by atoms with van der Waals surface area (Å²) in [6.07, 6.45) is 0.588. The second-order valence-electron chi connectivity index (χ2n) is 10.6. The van der Waals surface area contributed by atoms with Gasteiger partial charge in [0.1, 0.15) is 23.7 Å². The first kappa shape index (κ1) is 29.1. The fourth-order valence-electron chi connectivity index (χ4n) is 4.52. The van der Waals surface area contributed by atoms with Crippen molar-refractivity contribution in [2.45, 2.75) is 38.3 Å². The van der Waals surface area contributed by atoms with Crippen LogP contribution in [0.15, 0.2) is 97.2 Å². The zero-order valence-electron chi connectivity index (χ0n) is 23.7. The highest BCUT2D eigenvalue weighted by atomic mass is 16.5. The number of alkyl carbamates (subject to hydrolysis) is 1. The maximum absolute atomic E-state index is 12.9. The lowest BCUT2D eigenvalue weighted by Crippen LogP contribution is -2.41. The van der Waals surface area contributed by atoms with E-state index in [9.17, 15) is 14.4 Å². The van der Waals surface area contributed by atoms with Crippen LogP contribution in [-0.4, -0.2) is 39.7 Å². The number of hydrogen-bond acceptors (Lipinski definition) is 6. The van der Waals surface area contributed by atoms with Crippen molar-refractivity contribution >= 4 is 29.3 Å². The number of amides is 2. The van der Waals surface area contributed by atoms with Gasteiger partial charge in [-0.3, -0.25) is 14.3 Å². The van der Waals surface area contributed by atoms with Crippen LogP contribution in [0.25, 0.3) is 0 Å². The Balaban J connectivity index is 1.62. The molecule has 0 fully saturated rings. The summed E-state index contributed by atoms with van der Waals surface area (Å²) < 4.78 is 6.66. The van der Waals surface area contributed by atoms with E-state index in [1.807, 2.05) is 112 Å². The number of hydrogen-bond donors (Lipinski definition) is 3. The minimum atomic E-state index is -0.866. The molecule has 1 heterocycles. The molecular weight excluding hydrogens is 518 g/mol. The minimum absolute atomic E-state index is 0.217. The van der Waals surface area contributed by atoms with Gasteiger partial charge in [0.15, 0.2) is 0 Å². The zero-order chi connectivity index (χ0) is 29.5. The van der Waals surface area contributed by atoms with Crippen molar-refractivity contribution in [1.29, 1.82) is 0 Å². The first-order valence-corrected chi connectivity index (χ1v) is 13.4. The van der Waals surface area contributed by atoms with E-state index in [4.69, 9.17) is 4.74 Å². The number of ether oxygens (including phenoxy) is 1. The SMILES string of the molecule is Cn1ncc(NC(=O)C(=O)CCOC(=O)NC(C)(C)C)c1NC(c1ccccc1)(c1ccccc1)c1ccccc1. The first-order valence-electron chi connectivity index (χ1n) is 13.4. The number of carbonyl (C=O) groups excluding carboxylic acids is 3. The van der Waals surface area contributed by atoms with Gasteiger partial charge >= 0.3 is 6.09 Å². The smallest absolute Gasteiger partial charge is 0.407 e. The third-order valence-electron chi connectivity index (χ3n) is 6.41. The Bertz CT molecular complexity index is 1380. The van der Waals surface area contributed by atoms with Gasteiger partial charge in [0.05, 0.1) is 12.6 Å². The number of nitrogens with one attached hydrogen (secondary N) is 3. The van der Waals surface area contributed by atoms with E-state index in [0.29, 0.717) is 11.5 Å². The summed E-state index contributed by atoms with van der Waals surface area (Å²) >= 11 is 0. The first-order chi connectivity index (χ1) is 19.6. The van der Waals surface area contributed by atoms with E-state index in [-0.39, 0.29) is 13.0 Å². The molecule has 0 spiro atoms. The van der Waals surface area contributed by atoms with E-state index in [1.54, 1.807) is 11.7 Å². The van der Waals surface area contributed by atoms with Crippen molar-refractivity contribution in [2.75, 3.05) is 17.2 Å². The molecule has 212 valence electrons. The minimum Gasteiger partial charge on any atom is -0.449 e. The second kappa shape index (κ2) is 12.5. The maximum atomic E-state index is 12.9. The summed E-state index contributed by atoms with van der Waals surface area (Å²) in [5.74, 6) is -1.04. The topological polar surface area (TPSA) is 114 Å². The van der Waals surface area contributed by atoms with Crippen LogP contribution >= 0.6 is 0 Å². The second-order valence-corrected chi connectivity index (χ2v) is 10.6. The van der Waals surface area contributed by atoms with Crippen LogP contribution in [0.5, 0.6) is 0 Å². The van der Waals surface area contributed by atoms with Gasteiger partial charge in [0.2, 0.25) is 5.78 Å². The highest BCUT2D eigenvalue weighted by Crippen LogP contribution is 2.41. The fraction of sp³-hybridized carbons (Fsp3) is 0.250. The third-order valence-corrected chi connectivity index (χ3v) is 6.41. The van der Waals surface area contributed by atoms with Crippen molar-refractivity contribution in [3.8, 4) is 0 Å². The van der Waals surface area contributed by atoms with Gasteiger partial charge in [-0.1, -0.05) is 91.0 Å². The highest BCUT2D eigenvalue weighted by Gasteiger charge is 2.38. The fourth-order valence-corrected chi connectivity index (χ4v) is 4.52.